The van der Waals surface area contributed by atoms with Gasteiger partial charge in [0.15, 0.2) is 0 Å². The van der Waals surface area contributed by atoms with Gasteiger partial charge in [0.05, 0.1) is 0 Å². The topological polar surface area (TPSA) is 49.0 Å². The zero-order valence-electron chi connectivity index (χ0n) is 7.62. The van der Waals surface area contributed by atoms with E-state index in [0.29, 0.717) is 5.92 Å². The monoisotopic (exact) mass is 199 g/mol. The Morgan fingerprint density at radius 3 is 3.15 bits per heavy atom. The number of hydrogen-bond donors (Lipinski definition) is 1. The lowest BCUT2D eigenvalue weighted by atomic mass is 9.99. The van der Waals surface area contributed by atoms with E-state index in [1.165, 1.54) is 17.8 Å². The number of rotatable bonds is 1. The normalized spacial score (nSPS) is 24.8. The molecule has 72 valence electrons. The minimum atomic E-state index is -0.0387. The fourth-order valence-corrected chi connectivity index (χ4v) is 2.52. The number of aromatic amines is 1. The van der Waals surface area contributed by atoms with Gasteiger partial charge in [0.25, 0.3) is 0 Å². The van der Waals surface area contributed by atoms with Crippen molar-refractivity contribution in [3.63, 3.8) is 0 Å². The molecule has 2 rings (SSSR count). The van der Waals surface area contributed by atoms with E-state index in [9.17, 15) is 4.79 Å². The summed E-state index contributed by atoms with van der Waals surface area (Å²) in [5.74, 6) is 0.461. The van der Waals surface area contributed by atoms with Crippen molar-refractivity contribution in [2.24, 2.45) is 0 Å². The highest BCUT2D eigenvalue weighted by atomic mass is 32.1. The molecule has 1 aromatic rings. The van der Waals surface area contributed by atoms with Gasteiger partial charge in [-0.3, -0.25) is 4.79 Å². The predicted octanol–water partition coefficient (Wildman–Crippen LogP) is 0.641. The van der Waals surface area contributed by atoms with E-state index in [1.807, 2.05) is 0 Å². The molecule has 0 amide bonds. The molecule has 1 aliphatic heterocycles. The number of piperidine rings is 1. The van der Waals surface area contributed by atoms with Gasteiger partial charge in [0.1, 0.15) is 5.01 Å². The number of hydrogen-bond acceptors (Lipinski definition) is 4. The van der Waals surface area contributed by atoms with Crippen LogP contribution >= 0.6 is 11.3 Å². The number of likely N-dealkylation sites (N-methyl/N-ethyl adjacent to an activating group) is 1. The van der Waals surface area contributed by atoms with Crippen LogP contribution in [0.25, 0.3) is 0 Å². The van der Waals surface area contributed by atoms with Gasteiger partial charge in [-0.2, -0.15) is 5.10 Å². The zero-order valence-corrected chi connectivity index (χ0v) is 8.43. The van der Waals surface area contributed by atoms with E-state index in [0.717, 1.165) is 24.5 Å². The minimum absolute atomic E-state index is 0.0387. The van der Waals surface area contributed by atoms with Gasteiger partial charge in [-0.15, -0.1) is 0 Å². The second kappa shape index (κ2) is 3.59. The molecule has 0 aliphatic carbocycles. The van der Waals surface area contributed by atoms with Gasteiger partial charge >= 0.3 is 4.87 Å². The zero-order chi connectivity index (χ0) is 9.26. The lowest BCUT2D eigenvalue weighted by Gasteiger charge is -2.27. The van der Waals surface area contributed by atoms with E-state index in [1.54, 1.807) is 0 Å². The molecular weight excluding hydrogens is 186 g/mol. The summed E-state index contributed by atoms with van der Waals surface area (Å²) in [6.07, 6.45) is 2.36. The maximum atomic E-state index is 10.9. The van der Waals surface area contributed by atoms with Crippen molar-refractivity contribution < 1.29 is 0 Å². The van der Waals surface area contributed by atoms with E-state index in [-0.39, 0.29) is 4.87 Å². The van der Waals surface area contributed by atoms with Gasteiger partial charge in [0.2, 0.25) is 0 Å². The molecule has 0 spiro atoms. The van der Waals surface area contributed by atoms with Crippen molar-refractivity contribution in [1.29, 1.82) is 0 Å². The molecule has 0 radical (unpaired) electrons. The molecular formula is C8H13N3OS. The molecule has 13 heavy (non-hydrogen) atoms. The van der Waals surface area contributed by atoms with Gasteiger partial charge in [0, 0.05) is 12.5 Å². The molecule has 2 heterocycles. The Hall–Kier alpha value is -0.680. The second-order valence-corrected chi connectivity index (χ2v) is 4.55. The number of likely N-dealkylation sites (tertiary alicyclic amines) is 1. The Morgan fingerprint density at radius 2 is 2.54 bits per heavy atom. The van der Waals surface area contributed by atoms with Crippen LogP contribution < -0.4 is 4.87 Å². The standard InChI is InChI=1S/C8H13N3OS/c1-11-4-2-3-6(5-11)7-9-10-8(12)13-7/h6H,2-5H2,1H3,(H,10,12)/t6-/m1/s1. The maximum absolute atomic E-state index is 10.9. The Labute approximate surface area is 80.6 Å². The van der Waals surface area contributed by atoms with Crippen LogP contribution in [0.4, 0.5) is 0 Å². The summed E-state index contributed by atoms with van der Waals surface area (Å²) >= 11 is 1.25. The molecule has 1 aromatic heterocycles. The molecule has 0 aromatic carbocycles. The molecule has 0 bridgehead atoms. The third-order valence-electron chi connectivity index (χ3n) is 2.43. The highest BCUT2D eigenvalue weighted by Crippen LogP contribution is 2.25. The predicted molar refractivity (Wildman–Crippen MR) is 52.2 cm³/mol. The molecule has 4 nitrogen and oxygen atoms in total. The summed E-state index contributed by atoms with van der Waals surface area (Å²) in [5, 5.41) is 7.47. The van der Waals surface area contributed by atoms with Crippen LogP contribution in [0, 0.1) is 0 Å². The molecule has 1 N–H and O–H groups in total. The SMILES string of the molecule is CN1CCC[C@@H](c2n[nH]c(=O)s2)C1. The third kappa shape index (κ3) is 1.97. The number of H-pyrrole nitrogens is 1. The van der Waals surface area contributed by atoms with Crippen molar-refractivity contribution in [3.05, 3.63) is 14.7 Å². The summed E-state index contributed by atoms with van der Waals surface area (Å²) in [6.45, 7) is 2.19. The first-order chi connectivity index (χ1) is 6.25. The molecule has 1 aliphatic rings. The van der Waals surface area contributed by atoms with Gasteiger partial charge in [-0.25, -0.2) is 5.10 Å². The van der Waals surface area contributed by atoms with Crippen LogP contribution in [0.3, 0.4) is 0 Å². The Morgan fingerprint density at radius 1 is 1.69 bits per heavy atom. The summed E-state index contributed by atoms with van der Waals surface area (Å²) in [7, 11) is 2.11. The first-order valence-electron chi connectivity index (χ1n) is 4.49. The smallest absolute Gasteiger partial charge is 0.306 e. The number of aromatic nitrogens is 2. The quantitative estimate of drug-likeness (QED) is 0.722. The van der Waals surface area contributed by atoms with Crippen molar-refractivity contribution in [2.75, 3.05) is 20.1 Å². The molecule has 5 heteroatoms. The van der Waals surface area contributed by atoms with Crippen molar-refractivity contribution in [3.8, 4) is 0 Å². The Kier molecular flexibility index (Phi) is 2.46. The summed E-state index contributed by atoms with van der Waals surface area (Å²) in [6, 6.07) is 0. The average Bonchev–Trinajstić information content (AvgIpc) is 2.52. The van der Waals surface area contributed by atoms with Crippen molar-refractivity contribution >= 4 is 11.3 Å². The van der Waals surface area contributed by atoms with Crippen LogP contribution in [-0.2, 0) is 0 Å². The third-order valence-corrected chi connectivity index (χ3v) is 3.34. The van der Waals surface area contributed by atoms with Gasteiger partial charge in [-0.1, -0.05) is 11.3 Å². The van der Waals surface area contributed by atoms with Gasteiger partial charge < -0.3 is 4.90 Å². The van der Waals surface area contributed by atoms with E-state index in [2.05, 4.69) is 22.1 Å². The van der Waals surface area contributed by atoms with Gasteiger partial charge in [-0.05, 0) is 26.4 Å². The van der Waals surface area contributed by atoms with Crippen molar-refractivity contribution in [1.82, 2.24) is 15.1 Å². The van der Waals surface area contributed by atoms with Crippen molar-refractivity contribution in [2.45, 2.75) is 18.8 Å². The van der Waals surface area contributed by atoms with Crippen LogP contribution in [0.5, 0.6) is 0 Å². The average molecular weight is 199 g/mol. The highest BCUT2D eigenvalue weighted by molar-refractivity contribution is 7.08. The summed E-state index contributed by atoms with van der Waals surface area (Å²) in [5.41, 5.74) is 0. The first kappa shape index (κ1) is 8.90. The fourth-order valence-electron chi connectivity index (χ4n) is 1.78. The van der Waals surface area contributed by atoms with Crippen LogP contribution in [-0.4, -0.2) is 35.2 Å². The maximum Gasteiger partial charge on any atom is 0.322 e. The summed E-state index contributed by atoms with van der Waals surface area (Å²) in [4.78, 5) is 13.2. The molecule has 0 unspecified atom stereocenters. The second-order valence-electron chi connectivity index (χ2n) is 3.55. The van der Waals surface area contributed by atoms with Crippen LogP contribution in [0.2, 0.25) is 0 Å². The minimum Gasteiger partial charge on any atom is -0.306 e. The van der Waals surface area contributed by atoms with E-state index >= 15 is 0 Å². The number of nitrogens with zero attached hydrogens (tertiary/aromatic N) is 2. The molecule has 1 saturated heterocycles. The largest absolute Gasteiger partial charge is 0.322 e. The molecule has 0 saturated carbocycles. The van der Waals surface area contributed by atoms with E-state index < -0.39 is 0 Å². The van der Waals surface area contributed by atoms with Crippen LogP contribution in [0.15, 0.2) is 4.79 Å². The Bertz CT molecular complexity index is 332. The number of nitrogens with one attached hydrogen (secondary N) is 1. The van der Waals surface area contributed by atoms with E-state index in [4.69, 9.17) is 0 Å². The first-order valence-corrected chi connectivity index (χ1v) is 5.31. The Balaban J connectivity index is 2.12. The molecule has 1 atom stereocenters. The van der Waals surface area contributed by atoms with Crippen LogP contribution in [0.1, 0.15) is 23.8 Å². The lowest BCUT2D eigenvalue weighted by molar-refractivity contribution is 0.250. The summed E-state index contributed by atoms with van der Waals surface area (Å²) < 4.78 is 0. The highest BCUT2D eigenvalue weighted by Gasteiger charge is 2.21. The molecule has 1 fully saturated rings. The fraction of sp³-hybridized carbons (Fsp3) is 0.750. The lowest BCUT2D eigenvalue weighted by Crippen LogP contribution is -2.30.